The van der Waals surface area contributed by atoms with Gasteiger partial charge in [-0.25, -0.2) is 0 Å². The van der Waals surface area contributed by atoms with E-state index in [2.05, 4.69) is 5.32 Å². The monoisotopic (exact) mass is 372 g/mol. The molecule has 0 saturated carbocycles. The van der Waals surface area contributed by atoms with Gasteiger partial charge in [-0.05, 0) is 30.0 Å². The highest BCUT2D eigenvalue weighted by atomic mass is 19.4. The van der Waals surface area contributed by atoms with Gasteiger partial charge < -0.3 is 11.1 Å². The Morgan fingerprint density at radius 3 is 2.15 bits per heavy atom. The number of nitrogens with two attached hydrogens (primary N) is 1. The molecule has 0 unspecified atom stereocenters. The number of benzene rings is 1. The van der Waals surface area contributed by atoms with Gasteiger partial charge in [-0.3, -0.25) is 14.4 Å². The molecule has 0 aliphatic heterocycles. The van der Waals surface area contributed by atoms with E-state index >= 15 is 0 Å². The number of amides is 2. The molecular formula is C18H23F3N2O3. The average molecular weight is 372 g/mol. The summed E-state index contributed by atoms with van der Waals surface area (Å²) in [4.78, 5) is 35.1. The van der Waals surface area contributed by atoms with Crippen molar-refractivity contribution < 1.29 is 27.6 Å². The number of Topliss-reactive ketones (excluding diaryl/α,β-unsaturated/α-hetero) is 1. The largest absolute Gasteiger partial charge is 0.416 e. The Kier molecular flexibility index (Phi) is 7.79. The predicted molar refractivity (Wildman–Crippen MR) is 89.9 cm³/mol. The van der Waals surface area contributed by atoms with Gasteiger partial charge in [0.2, 0.25) is 11.8 Å². The highest BCUT2D eigenvalue weighted by Gasteiger charge is 2.30. The Balaban J connectivity index is 2.70. The first-order chi connectivity index (χ1) is 12.0. The molecule has 0 aromatic heterocycles. The van der Waals surface area contributed by atoms with Crippen LogP contribution in [0.1, 0.15) is 37.8 Å². The maximum absolute atomic E-state index is 12.5. The van der Waals surface area contributed by atoms with Crippen LogP contribution in [0.3, 0.4) is 0 Å². The van der Waals surface area contributed by atoms with Crippen molar-refractivity contribution in [1.29, 1.82) is 0 Å². The molecule has 8 heteroatoms. The number of alkyl halides is 3. The normalized spacial score (nSPS) is 12.7. The molecule has 1 atom stereocenters. The zero-order chi connectivity index (χ0) is 19.9. The Labute approximate surface area is 150 Å². The van der Waals surface area contributed by atoms with E-state index in [-0.39, 0.29) is 31.1 Å². The molecule has 0 bridgehead atoms. The third-order valence-corrected chi connectivity index (χ3v) is 3.72. The fraction of sp³-hybridized carbons (Fsp3) is 0.500. The van der Waals surface area contributed by atoms with E-state index in [1.807, 2.05) is 13.8 Å². The number of nitrogens with one attached hydrogen (secondary N) is 1. The molecule has 0 spiro atoms. The van der Waals surface area contributed by atoms with E-state index in [1.54, 1.807) is 0 Å². The number of rotatable bonds is 9. The molecule has 0 heterocycles. The van der Waals surface area contributed by atoms with Gasteiger partial charge in [-0.1, -0.05) is 26.0 Å². The standard InChI is InChI=1S/C18H23F3N2O3/c1-11(2)7-13(17(26)23-10-16(22)25)9-15(24)8-12-3-5-14(6-4-12)18(19,20)21/h3-6,11,13H,7-10H2,1-2H3,(H2,22,25)(H,23,26)/t13-/m1/s1. The summed E-state index contributed by atoms with van der Waals surface area (Å²) in [5.74, 6) is -1.84. The van der Waals surface area contributed by atoms with Crippen molar-refractivity contribution in [2.45, 2.75) is 39.3 Å². The predicted octanol–water partition coefficient (Wildman–Crippen LogP) is 2.47. The van der Waals surface area contributed by atoms with E-state index in [1.165, 1.54) is 12.1 Å². The number of hydrogen-bond acceptors (Lipinski definition) is 3. The summed E-state index contributed by atoms with van der Waals surface area (Å²) in [6.07, 6.45) is -4.09. The highest BCUT2D eigenvalue weighted by molar-refractivity contribution is 5.89. The number of primary amides is 1. The van der Waals surface area contributed by atoms with Crippen LogP contribution < -0.4 is 11.1 Å². The molecule has 0 radical (unpaired) electrons. The first-order valence-electron chi connectivity index (χ1n) is 8.23. The molecular weight excluding hydrogens is 349 g/mol. The van der Waals surface area contributed by atoms with Gasteiger partial charge in [0.05, 0.1) is 12.1 Å². The maximum atomic E-state index is 12.5. The number of hydrogen-bond donors (Lipinski definition) is 2. The molecule has 26 heavy (non-hydrogen) atoms. The van der Waals surface area contributed by atoms with E-state index in [9.17, 15) is 27.6 Å². The van der Waals surface area contributed by atoms with Crippen molar-refractivity contribution in [1.82, 2.24) is 5.32 Å². The zero-order valence-electron chi connectivity index (χ0n) is 14.7. The lowest BCUT2D eigenvalue weighted by Gasteiger charge is -2.18. The van der Waals surface area contributed by atoms with Gasteiger partial charge in [0.1, 0.15) is 5.78 Å². The van der Waals surface area contributed by atoms with Crippen LogP contribution in [-0.4, -0.2) is 24.1 Å². The summed E-state index contributed by atoms with van der Waals surface area (Å²) in [7, 11) is 0. The van der Waals surface area contributed by atoms with Gasteiger partial charge in [0.25, 0.3) is 0 Å². The fourth-order valence-electron chi connectivity index (χ4n) is 2.56. The van der Waals surface area contributed by atoms with Gasteiger partial charge >= 0.3 is 6.18 Å². The lowest BCUT2D eigenvalue weighted by Crippen LogP contribution is -2.38. The van der Waals surface area contributed by atoms with E-state index in [0.717, 1.165) is 12.1 Å². The zero-order valence-corrected chi connectivity index (χ0v) is 14.7. The molecule has 5 nitrogen and oxygen atoms in total. The number of ketones is 1. The van der Waals surface area contributed by atoms with E-state index in [4.69, 9.17) is 5.73 Å². The number of carbonyl (C=O) groups excluding carboxylic acids is 3. The lowest BCUT2D eigenvalue weighted by atomic mass is 9.90. The van der Waals surface area contributed by atoms with Crippen LogP contribution in [0, 0.1) is 11.8 Å². The molecule has 1 aromatic carbocycles. The van der Waals surface area contributed by atoms with E-state index in [0.29, 0.717) is 12.0 Å². The van der Waals surface area contributed by atoms with Crippen molar-refractivity contribution in [2.75, 3.05) is 6.54 Å². The van der Waals surface area contributed by atoms with Crippen LogP contribution in [0.5, 0.6) is 0 Å². The van der Waals surface area contributed by atoms with Crippen LogP contribution in [0.25, 0.3) is 0 Å². The molecule has 3 N–H and O–H groups in total. The van der Waals surface area contributed by atoms with E-state index < -0.39 is 29.5 Å². The lowest BCUT2D eigenvalue weighted by molar-refractivity contribution is -0.137. The second kappa shape index (κ2) is 9.35. The second-order valence-electron chi connectivity index (χ2n) is 6.62. The van der Waals surface area contributed by atoms with Crippen LogP contribution in [0.4, 0.5) is 13.2 Å². The second-order valence-corrected chi connectivity index (χ2v) is 6.62. The molecule has 0 fully saturated rings. The molecule has 0 aliphatic rings. The van der Waals surface area contributed by atoms with Crippen molar-refractivity contribution in [2.24, 2.45) is 17.6 Å². The van der Waals surface area contributed by atoms with Gasteiger partial charge in [0, 0.05) is 18.8 Å². The summed E-state index contributed by atoms with van der Waals surface area (Å²) in [5.41, 5.74) is 4.66. The Hall–Kier alpha value is -2.38. The van der Waals surface area contributed by atoms with Gasteiger partial charge in [-0.15, -0.1) is 0 Å². The quantitative estimate of drug-likeness (QED) is 0.698. The minimum atomic E-state index is -4.43. The number of halogens is 3. The SMILES string of the molecule is CC(C)C[C@H](CC(=O)Cc1ccc(C(F)(F)F)cc1)C(=O)NCC(N)=O. The van der Waals surface area contributed by atoms with Crippen molar-refractivity contribution in [3.63, 3.8) is 0 Å². The molecule has 1 aromatic rings. The van der Waals surface area contributed by atoms with Crippen molar-refractivity contribution in [3.8, 4) is 0 Å². The summed E-state index contributed by atoms with van der Waals surface area (Å²) < 4.78 is 37.6. The van der Waals surface area contributed by atoms with Crippen LogP contribution >= 0.6 is 0 Å². The fourth-order valence-corrected chi connectivity index (χ4v) is 2.56. The molecule has 0 aliphatic carbocycles. The Morgan fingerprint density at radius 1 is 1.12 bits per heavy atom. The summed E-state index contributed by atoms with van der Waals surface area (Å²) in [5, 5.41) is 2.39. The molecule has 1 rings (SSSR count). The van der Waals surface area contributed by atoms with Crippen LogP contribution in [-0.2, 0) is 27.0 Å². The average Bonchev–Trinajstić information content (AvgIpc) is 2.51. The summed E-state index contributed by atoms with van der Waals surface area (Å²) in [6.45, 7) is 3.49. The summed E-state index contributed by atoms with van der Waals surface area (Å²) >= 11 is 0. The highest BCUT2D eigenvalue weighted by Crippen LogP contribution is 2.29. The van der Waals surface area contributed by atoms with Crippen molar-refractivity contribution in [3.05, 3.63) is 35.4 Å². The number of carbonyl (C=O) groups is 3. The maximum Gasteiger partial charge on any atom is 0.416 e. The van der Waals surface area contributed by atoms with Crippen LogP contribution in [0.2, 0.25) is 0 Å². The van der Waals surface area contributed by atoms with Crippen LogP contribution in [0.15, 0.2) is 24.3 Å². The summed E-state index contributed by atoms with van der Waals surface area (Å²) in [6, 6.07) is 4.36. The molecule has 144 valence electrons. The Morgan fingerprint density at radius 2 is 1.69 bits per heavy atom. The first kappa shape index (κ1) is 21.7. The van der Waals surface area contributed by atoms with Crippen molar-refractivity contribution >= 4 is 17.6 Å². The smallest absolute Gasteiger partial charge is 0.368 e. The van der Waals surface area contributed by atoms with Gasteiger partial charge in [-0.2, -0.15) is 13.2 Å². The Bertz CT molecular complexity index is 640. The minimum Gasteiger partial charge on any atom is -0.368 e. The van der Waals surface area contributed by atoms with Gasteiger partial charge in [0.15, 0.2) is 0 Å². The third kappa shape index (κ3) is 7.67. The molecule has 2 amide bonds. The topological polar surface area (TPSA) is 89.3 Å². The first-order valence-corrected chi connectivity index (χ1v) is 8.23. The third-order valence-electron chi connectivity index (χ3n) is 3.72. The molecule has 0 saturated heterocycles. The minimum absolute atomic E-state index is 0.0518.